The zero-order valence-corrected chi connectivity index (χ0v) is 12.6. The third kappa shape index (κ3) is 2.30. The van der Waals surface area contributed by atoms with E-state index >= 15 is 0 Å². The van der Waals surface area contributed by atoms with Crippen LogP contribution in [0.3, 0.4) is 0 Å². The standard InChI is InChI=1S/C17H16N2O3/c1-9-6-10(2)18-15(9)8-13-12-7-11(17(21)22-3)4-5-14(12)19-16(13)20/h4-8,18H,1-3H3,(H,19,20). The summed E-state index contributed by atoms with van der Waals surface area (Å²) < 4.78 is 4.73. The van der Waals surface area contributed by atoms with Gasteiger partial charge in [0, 0.05) is 22.6 Å². The topological polar surface area (TPSA) is 71.2 Å². The van der Waals surface area contributed by atoms with Crippen LogP contribution < -0.4 is 5.32 Å². The van der Waals surface area contributed by atoms with Crippen molar-refractivity contribution in [3.63, 3.8) is 0 Å². The number of ether oxygens (including phenoxy) is 1. The smallest absolute Gasteiger partial charge is 0.337 e. The molecule has 0 spiro atoms. The van der Waals surface area contributed by atoms with Crippen LogP contribution in [0.4, 0.5) is 5.69 Å². The molecule has 1 aliphatic rings. The van der Waals surface area contributed by atoms with Gasteiger partial charge in [-0.1, -0.05) is 0 Å². The van der Waals surface area contributed by atoms with Gasteiger partial charge in [0.1, 0.15) is 0 Å². The second kappa shape index (κ2) is 5.18. The molecule has 1 aliphatic heterocycles. The van der Waals surface area contributed by atoms with E-state index in [0.717, 1.165) is 17.0 Å². The van der Waals surface area contributed by atoms with E-state index in [1.807, 2.05) is 26.0 Å². The highest BCUT2D eigenvalue weighted by Crippen LogP contribution is 2.34. The first-order valence-electron chi connectivity index (χ1n) is 6.91. The summed E-state index contributed by atoms with van der Waals surface area (Å²) in [7, 11) is 1.33. The normalized spacial score (nSPS) is 14.9. The van der Waals surface area contributed by atoms with Crippen LogP contribution in [0.25, 0.3) is 11.6 Å². The molecule has 0 bridgehead atoms. The molecule has 0 atom stereocenters. The number of nitrogens with one attached hydrogen (secondary N) is 2. The summed E-state index contributed by atoms with van der Waals surface area (Å²) in [4.78, 5) is 27.1. The number of aromatic nitrogens is 1. The molecule has 0 saturated carbocycles. The van der Waals surface area contributed by atoms with E-state index in [9.17, 15) is 9.59 Å². The number of methoxy groups -OCH3 is 1. The van der Waals surface area contributed by atoms with Crippen LogP contribution in [-0.4, -0.2) is 24.0 Å². The van der Waals surface area contributed by atoms with Crippen LogP contribution in [0, 0.1) is 13.8 Å². The van der Waals surface area contributed by atoms with E-state index in [-0.39, 0.29) is 5.91 Å². The van der Waals surface area contributed by atoms with Crippen LogP contribution >= 0.6 is 0 Å². The minimum atomic E-state index is -0.423. The van der Waals surface area contributed by atoms with Crippen molar-refractivity contribution in [2.45, 2.75) is 13.8 Å². The third-order valence-corrected chi connectivity index (χ3v) is 3.70. The molecule has 1 aromatic carbocycles. The maximum Gasteiger partial charge on any atom is 0.337 e. The predicted octanol–water partition coefficient (Wildman–Crippen LogP) is 2.91. The van der Waals surface area contributed by atoms with Crippen LogP contribution in [0.5, 0.6) is 0 Å². The lowest BCUT2D eigenvalue weighted by molar-refractivity contribution is -0.110. The fraction of sp³-hybridized carbons (Fsp3) is 0.176. The Morgan fingerprint density at radius 3 is 2.64 bits per heavy atom. The monoisotopic (exact) mass is 296 g/mol. The number of rotatable bonds is 2. The highest BCUT2D eigenvalue weighted by Gasteiger charge is 2.25. The van der Waals surface area contributed by atoms with E-state index in [4.69, 9.17) is 4.74 Å². The second-order valence-electron chi connectivity index (χ2n) is 5.31. The number of carbonyl (C=O) groups is 2. The molecule has 0 fully saturated rings. The lowest BCUT2D eigenvalue weighted by Gasteiger charge is -2.03. The number of benzene rings is 1. The van der Waals surface area contributed by atoms with E-state index in [1.165, 1.54) is 7.11 Å². The first kappa shape index (κ1) is 14.1. The van der Waals surface area contributed by atoms with Crippen molar-refractivity contribution in [2.24, 2.45) is 0 Å². The average Bonchev–Trinajstić information content (AvgIpc) is 2.97. The number of carbonyl (C=O) groups excluding carboxylic acids is 2. The molecule has 112 valence electrons. The van der Waals surface area contributed by atoms with Gasteiger partial charge in [0.05, 0.1) is 18.2 Å². The molecule has 5 nitrogen and oxygen atoms in total. The minimum absolute atomic E-state index is 0.177. The summed E-state index contributed by atoms with van der Waals surface area (Å²) in [6, 6.07) is 7.05. The molecule has 0 aliphatic carbocycles. The van der Waals surface area contributed by atoms with Crippen molar-refractivity contribution in [3.05, 3.63) is 52.3 Å². The highest BCUT2D eigenvalue weighted by molar-refractivity contribution is 6.35. The van der Waals surface area contributed by atoms with Gasteiger partial charge in [0.15, 0.2) is 0 Å². The molecule has 22 heavy (non-hydrogen) atoms. The van der Waals surface area contributed by atoms with Crippen LogP contribution in [0.2, 0.25) is 0 Å². The maximum atomic E-state index is 12.2. The van der Waals surface area contributed by atoms with Crippen molar-refractivity contribution in [2.75, 3.05) is 12.4 Å². The van der Waals surface area contributed by atoms with Crippen LogP contribution in [0.1, 0.15) is 32.9 Å². The first-order chi connectivity index (χ1) is 10.5. The summed E-state index contributed by atoms with van der Waals surface area (Å²) in [6.07, 6.45) is 1.81. The van der Waals surface area contributed by atoms with E-state index in [1.54, 1.807) is 18.2 Å². The molecular weight excluding hydrogens is 280 g/mol. The van der Waals surface area contributed by atoms with Crippen LogP contribution in [-0.2, 0) is 9.53 Å². The molecule has 2 heterocycles. The van der Waals surface area contributed by atoms with Gasteiger partial charge < -0.3 is 15.0 Å². The average molecular weight is 296 g/mol. The SMILES string of the molecule is COC(=O)c1ccc2c(c1)C(=Cc1[nH]c(C)cc1C)C(=O)N2. The number of H-pyrrole nitrogens is 1. The van der Waals surface area contributed by atoms with E-state index < -0.39 is 5.97 Å². The Balaban J connectivity index is 2.10. The number of hydrogen-bond donors (Lipinski definition) is 2. The Morgan fingerprint density at radius 2 is 2.00 bits per heavy atom. The summed E-state index contributed by atoms with van der Waals surface area (Å²) in [6.45, 7) is 3.95. The Labute approximate surface area is 128 Å². The fourth-order valence-corrected chi connectivity index (χ4v) is 2.62. The molecule has 1 amide bonds. The molecule has 1 aromatic heterocycles. The van der Waals surface area contributed by atoms with Gasteiger partial charge >= 0.3 is 5.97 Å². The zero-order chi connectivity index (χ0) is 15.9. The molecular formula is C17H16N2O3. The highest BCUT2D eigenvalue weighted by atomic mass is 16.5. The Kier molecular flexibility index (Phi) is 3.33. The van der Waals surface area contributed by atoms with Gasteiger partial charge in [-0.25, -0.2) is 4.79 Å². The molecule has 0 unspecified atom stereocenters. The molecule has 3 rings (SSSR count). The van der Waals surface area contributed by atoms with Crippen molar-refractivity contribution < 1.29 is 14.3 Å². The van der Waals surface area contributed by atoms with Gasteiger partial charge in [0.2, 0.25) is 0 Å². The predicted molar refractivity (Wildman–Crippen MR) is 84.5 cm³/mol. The number of amides is 1. The Morgan fingerprint density at radius 1 is 1.23 bits per heavy atom. The summed E-state index contributed by atoms with van der Waals surface area (Å²) in [5.74, 6) is -0.600. The van der Waals surface area contributed by atoms with Gasteiger partial charge in [-0.2, -0.15) is 0 Å². The number of fused-ring (bicyclic) bond motifs is 1. The summed E-state index contributed by atoms with van der Waals surface area (Å²) in [5, 5.41) is 2.80. The number of hydrogen-bond acceptors (Lipinski definition) is 3. The number of aromatic amines is 1. The second-order valence-corrected chi connectivity index (χ2v) is 5.31. The van der Waals surface area contributed by atoms with Crippen molar-refractivity contribution in [1.29, 1.82) is 0 Å². The van der Waals surface area contributed by atoms with Crippen molar-refractivity contribution >= 4 is 29.2 Å². The first-order valence-corrected chi connectivity index (χ1v) is 6.91. The maximum absolute atomic E-state index is 12.2. The number of aryl methyl sites for hydroxylation is 2. The lowest BCUT2D eigenvalue weighted by atomic mass is 10.0. The molecule has 0 saturated heterocycles. The summed E-state index contributed by atoms with van der Waals surface area (Å²) in [5.41, 5.74) is 5.35. The minimum Gasteiger partial charge on any atom is -0.465 e. The van der Waals surface area contributed by atoms with E-state index in [2.05, 4.69) is 10.3 Å². The van der Waals surface area contributed by atoms with Gasteiger partial charge in [-0.15, -0.1) is 0 Å². The van der Waals surface area contributed by atoms with Crippen LogP contribution in [0.15, 0.2) is 24.3 Å². The molecule has 0 radical (unpaired) electrons. The van der Waals surface area contributed by atoms with Crippen molar-refractivity contribution in [3.8, 4) is 0 Å². The fourth-order valence-electron chi connectivity index (χ4n) is 2.62. The third-order valence-electron chi connectivity index (χ3n) is 3.70. The number of anilines is 1. The van der Waals surface area contributed by atoms with Crippen molar-refractivity contribution in [1.82, 2.24) is 4.98 Å². The zero-order valence-electron chi connectivity index (χ0n) is 12.6. The molecule has 2 N–H and O–H groups in total. The van der Waals surface area contributed by atoms with E-state index in [0.29, 0.717) is 22.4 Å². The number of esters is 1. The van der Waals surface area contributed by atoms with Gasteiger partial charge in [0.25, 0.3) is 5.91 Å². The summed E-state index contributed by atoms with van der Waals surface area (Å²) >= 11 is 0. The lowest BCUT2D eigenvalue weighted by Crippen LogP contribution is -2.03. The van der Waals surface area contributed by atoms with Gasteiger partial charge in [-0.3, -0.25) is 4.79 Å². The Bertz CT molecular complexity index is 815. The molecule has 2 aromatic rings. The largest absolute Gasteiger partial charge is 0.465 e. The van der Waals surface area contributed by atoms with Gasteiger partial charge in [-0.05, 0) is 49.8 Å². The quantitative estimate of drug-likeness (QED) is 0.661. The Hall–Kier alpha value is -2.82. The molecule has 5 heteroatoms.